The molecule has 0 aromatic heterocycles. The second-order valence-corrected chi connectivity index (χ2v) is 5.61. The van der Waals surface area contributed by atoms with Crippen molar-refractivity contribution in [3.05, 3.63) is 11.6 Å². The Hall–Kier alpha value is -0.790. The molecule has 2 heteroatoms. The van der Waals surface area contributed by atoms with Crippen molar-refractivity contribution in [2.45, 2.75) is 91.4 Å². The maximum Gasteiger partial charge on any atom is 0.302 e. The van der Waals surface area contributed by atoms with Gasteiger partial charge in [-0.25, -0.2) is 0 Å². The summed E-state index contributed by atoms with van der Waals surface area (Å²) in [6, 6.07) is 0. The van der Waals surface area contributed by atoms with Crippen molar-refractivity contribution in [3.63, 3.8) is 0 Å². The topological polar surface area (TPSA) is 26.3 Å². The second-order valence-electron chi connectivity index (χ2n) is 5.61. The molecule has 0 aliphatic rings. The molecule has 20 heavy (non-hydrogen) atoms. The summed E-state index contributed by atoms with van der Waals surface area (Å²) >= 11 is 0. The van der Waals surface area contributed by atoms with Crippen LogP contribution >= 0.6 is 0 Å². The average Bonchev–Trinajstić information content (AvgIpc) is 2.42. The molecule has 0 spiro atoms. The van der Waals surface area contributed by atoms with Gasteiger partial charge in [-0.2, -0.15) is 0 Å². The van der Waals surface area contributed by atoms with Crippen LogP contribution in [0.5, 0.6) is 0 Å². The molecular formula is C18H34O2. The molecule has 118 valence electrons. The zero-order valence-electron chi connectivity index (χ0n) is 13.9. The molecule has 0 rings (SSSR count). The van der Waals surface area contributed by atoms with E-state index in [4.69, 9.17) is 4.74 Å². The van der Waals surface area contributed by atoms with Crippen molar-refractivity contribution >= 4 is 5.97 Å². The van der Waals surface area contributed by atoms with E-state index in [0.29, 0.717) is 6.61 Å². The van der Waals surface area contributed by atoms with E-state index >= 15 is 0 Å². The van der Waals surface area contributed by atoms with Crippen molar-refractivity contribution < 1.29 is 9.53 Å². The molecular weight excluding hydrogens is 248 g/mol. The molecule has 0 aliphatic heterocycles. The molecule has 0 fully saturated rings. The van der Waals surface area contributed by atoms with E-state index in [9.17, 15) is 4.79 Å². The summed E-state index contributed by atoms with van der Waals surface area (Å²) < 4.78 is 4.94. The summed E-state index contributed by atoms with van der Waals surface area (Å²) in [7, 11) is 0. The lowest BCUT2D eigenvalue weighted by Crippen LogP contribution is -2.00. The molecule has 0 unspecified atom stereocenters. The quantitative estimate of drug-likeness (QED) is 0.242. The number of hydrogen-bond acceptors (Lipinski definition) is 2. The number of carbonyl (C=O) groups is 1. The molecule has 0 radical (unpaired) electrons. The van der Waals surface area contributed by atoms with Gasteiger partial charge in [-0.1, -0.05) is 57.6 Å². The van der Waals surface area contributed by atoms with Crippen molar-refractivity contribution in [2.75, 3.05) is 6.61 Å². The van der Waals surface area contributed by atoms with Gasteiger partial charge in [0.15, 0.2) is 0 Å². The first kappa shape index (κ1) is 19.2. The minimum atomic E-state index is -0.161. The third-order valence-electron chi connectivity index (χ3n) is 3.54. The van der Waals surface area contributed by atoms with Crippen LogP contribution < -0.4 is 0 Å². The van der Waals surface area contributed by atoms with Crippen LogP contribution in [0.1, 0.15) is 91.4 Å². The molecule has 0 saturated heterocycles. The number of hydrogen-bond donors (Lipinski definition) is 0. The van der Waals surface area contributed by atoms with Gasteiger partial charge < -0.3 is 4.74 Å². The average molecular weight is 282 g/mol. The number of esters is 1. The molecule has 0 aromatic carbocycles. The van der Waals surface area contributed by atoms with Gasteiger partial charge >= 0.3 is 5.97 Å². The van der Waals surface area contributed by atoms with E-state index in [1.54, 1.807) is 5.57 Å². The molecule has 0 saturated carbocycles. The van der Waals surface area contributed by atoms with Crippen molar-refractivity contribution in [1.29, 1.82) is 0 Å². The van der Waals surface area contributed by atoms with E-state index in [-0.39, 0.29) is 5.97 Å². The van der Waals surface area contributed by atoms with E-state index in [1.807, 2.05) is 0 Å². The molecule has 0 bridgehead atoms. The molecule has 0 aromatic rings. The summed E-state index contributed by atoms with van der Waals surface area (Å²) in [5.74, 6) is -0.161. The van der Waals surface area contributed by atoms with Gasteiger partial charge in [0.25, 0.3) is 0 Å². The minimum Gasteiger partial charge on any atom is -0.466 e. The van der Waals surface area contributed by atoms with Crippen LogP contribution in [0.2, 0.25) is 0 Å². The first-order valence-corrected chi connectivity index (χ1v) is 8.52. The normalized spacial score (nSPS) is 11.7. The molecule has 0 atom stereocenters. The molecule has 2 nitrogen and oxygen atoms in total. The fourth-order valence-electron chi connectivity index (χ4n) is 2.27. The Morgan fingerprint density at radius 2 is 1.55 bits per heavy atom. The number of ether oxygens (including phenoxy) is 1. The Balaban J connectivity index is 3.67. The number of carbonyl (C=O) groups excluding carboxylic acids is 1. The highest BCUT2D eigenvalue weighted by molar-refractivity contribution is 5.65. The van der Waals surface area contributed by atoms with Crippen LogP contribution in [0.25, 0.3) is 0 Å². The van der Waals surface area contributed by atoms with Crippen LogP contribution in [0.3, 0.4) is 0 Å². The number of unbranched alkanes of at least 4 members (excludes halogenated alkanes) is 6. The lowest BCUT2D eigenvalue weighted by atomic mass is 10.00. The second kappa shape index (κ2) is 14.6. The van der Waals surface area contributed by atoms with Gasteiger partial charge in [0, 0.05) is 6.92 Å². The summed E-state index contributed by atoms with van der Waals surface area (Å²) in [4.78, 5) is 10.6. The Labute approximate surface area is 126 Å². The van der Waals surface area contributed by atoms with Crippen LogP contribution in [-0.4, -0.2) is 12.6 Å². The molecule has 0 amide bonds. The van der Waals surface area contributed by atoms with Gasteiger partial charge in [0.05, 0.1) is 6.61 Å². The Bertz CT molecular complexity index is 256. The first-order valence-electron chi connectivity index (χ1n) is 8.52. The van der Waals surface area contributed by atoms with Gasteiger partial charge in [-0.15, -0.1) is 0 Å². The highest BCUT2D eigenvalue weighted by Gasteiger charge is 1.99. The van der Waals surface area contributed by atoms with Gasteiger partial charge in [0.1, 0.15) is 0 Å². The highest BCUT2D eigenvalue weighted by Crippen LogP contribution is 2.17. The fraction of sp³-hybridized carbons (Fsp3) is 0.833. The van der Waals surface area contributed by atoms with Crippen molar-refractivity contribution in [1.82, 2.24) is 0 Å². The summed E-state index contributed by atoms with van der Waals surface area (Å²) in [5, 5.41) is 0. The summed E-state index contributed by atoms with van der Waals surface area (Å²) in [6.45, 7) is 6.58. The smallest absolute Gasteiger partial charge is 0.302 e. The third-order valence-corrected chi connectivity index (χ3v) is 3.54. The Kier molecular flexibility index (Phi) is 14.0. The van der Waals surface area contributed by atoms with Crippen molar-refractivity contribution in [3.8, 4) is 0 Å². The van der Waals surface area contributed by atoms with E-state index in [1.165, 1.54) is 71.1 Å². The Morgan fingerprint density at radius 3 is 2.20 bits per heavy atom. The SMILES string of the molecule is CCCC/C=C(\CCCC)CCCCCCOC(C)=O. The predicted octanol–water partition coefficient (Wildman–Crippen LogP) is 5.81. The van der Waals surface area contributed by atoms with E-state index < -0.39 is 0 Å². The molecule has 0 heterocycles. The van der Waals surface area contributed by atoms with Crippen LogP contribution in [-0.2, 0) is 9.53 Å². The van der Waals surface area contributed by atoms with Gasteiger partial charge in [-0.3, -0.25) is 4.79 Å². The number of allylic oxidation sites excluding steroid dienone is 2. The maximum absolute atomic E-state index is 10.6. The van der Waals surface area contributed by atoms with E-state index in [2.05, 4.69) is 19.9 Å². The maximum atomic E-state index is 10.6. The zero-order valence-corrected chi connectivity index (χ0v) is 13.9. The zero-order chi connectivity index (χ0) is 15.1. The standard InChI is InChI=1S/C18H34O2/c1-4-6-10-14-18(13-7-5-2)15-11-8-9-12-16-20-17(3)19/h14H,4-13,15-16H2,1-3H3/b18-14+. The van der Waals surface area contributed by atoms with Crippen LogP contribution in [0, 0.1) is 0 Å². The lowest BCUT2D eigenvalue weighted by Gasteiger charge is -2.08. The Morgan fingerprint density at radius 1 is 0.900 bits per heavy atom. The van der Waals surface area contributed by atoms with Gasteiger partial charge in [-0.05, 0) is 38.5 Å². The minimum absolute atomic E-state index is 0.161. The van der Waals surface area contributed by atoms with Crippen LogP contribution in [0.4, 0.5) is 0 Å². The van der Waals surface area contributed by atoms with E-state index in [0.717, 1.165) is 6.42 Å². The van der Waals surface area contributed by atoms with Crippen LogP contribution in [0.15, 0.2) is 11.6 Å². The summed E-state index contributed by atoms with van der Waals surface area (Å²) in [5.41, 5.74) is 1.67. The lowest BCUT2D eigenvalue weighted by molar-refractivity contribution is -0.141. The van der Waals surface area contributed by atoms with Crippen molar-refractivity contribution in [2.24, 2.45) is 0 Å². The fourth-order valence-corrected chi connectivity index (χ4v) is 2.27. The highest BCUT2D eigenvalue weighted by atomic mass is 16.5. The summed E-state index contributed by atoms with van der Waals surface area (Å²) in [6.07, 6.45) is 16.2. The molecule has 0 N–H and O–H groups in total. The number of rotatable bonds is 13. The third kappa shape index (κ3) is 13.6. The van der Waals surface area contributed by atoms with Gasteiger partial charge in [0.2, 0.25) is 0 Å². The first-order chi connectivity index (χ1) is 9.70. The largest absolute Gasteiger partial charge is 0.466 e. The molecule has 0 aliphatic carbocycles. The predicted molar refractivity (Wildman–Crippen MR) is 86.9 cm³/mol. The monoisotopic (exact) mass is 282 g/mol.